The molecule has 8 heteroatoms. The predicted molar refractivity (Wildman–Crippen MR) is 116 cm³/mol. The van der Waals surface area contributed by atoms with E-state index in [1.54, 1.807) is 23.5 Å². The lowest BCUT2D eigenvalue weighted by molar-refractivity contribution is -0.137. The van der Waals surface area contributed by atoms with Crippen LogP contribution in [0.15, 0.2) is 63.8 Å². The van der Waals surface area contributed by atoms with Gasteiger partial charge in [0.2, 0.25) is 17.7 Å². The van der Waals surface area contributed by atoms with Gasteiger partial charge in [0.05, 0.1) is 24.4 Å². The molecule has 166 valence electrons. The first-order valence-corrected chi connectivity index (χ1v) is 11.0. The van der Waals surface area contributed by atoms with Gasteiger partial charge >= 0.3 is 0 Å². The van der Waals surface area contributed by atoms with Gasteiger partial charge in [0, 0.05) is 51.3 Å². The number of aromatic nitrogens is 1. The molecule has 8 nitrogen and oxygen atoms in total. The number of nitrogens with zero attached hydrogens (tertiary/aromatic N) is 4. The Morgan fingerprint density at radius 3 is 2.56 bits per heavy atom. The molecule has 2 aliphatic heterocycles. The molecule has 2 saturated heterocycles. The lowest BCUT2D eigenvalue weighted by Crippen LogP contribution is -2.50. The third-order valence-electron chi connectivity index (χ3n) is 6.13. The van der Waals surface area contributed by atoms with Crippen LogP contribution in [0.3, 0.4) is 0 Å². The van der Waals surface area contributed by atoms with Crippen molar-refractivity contribution in [1.29, 1.82) is 0 Å². The maximum absolute atomic E-state index is 13.0. The molecule has 4 heterocycles. The molecule has 0 N–H and O–H groups in total. The largest absolute Gasteiger partial charge is 0.467 e. The second kappa shape index (κ2) is 9.00. The molecule has 1 atom stereocenters. The molecular weight excluding hydrogens is 408 g/mol. The number of oxazole rings is 1. The molecule has 3 aromatic rings. The van der Waals surface area contributed by atoms with Crippen molar-refractivity contribution in [2.45, 2.75) is 19.5 Å². The molecule has 0 radical (unpaired) electrons. The van der Waals surface area contributed by atoms with Crippen LogP contribution in [0.4, 0.5) is 0 Å². The highest BCUT2D eigenvalue weighted by atomic mass is 16.3. The van der Waals surface area contributed by atoms with E-state index < -0.39 is 0 Å². The average molecular weight is 434 g/mol. The average Bonchev–Trinajstić information content (AvgIpc) is 3.57. The van der Waals surface area contributed by atoms with Crippen molar-refractivity contribution in [3.05, 3.63) is 66.4 Å². The number of rotatable bonds is 6. The Morgan fingerprint density at radius 1 is 1.00 bits per heavy atom. The molecule has 5 rings (SSSR count). The van der Waals surface area contributed by atoms with Gasteiger partial charge in [-0.1, -0.05) is 18.2 Å². The molecule has 32 heavy (non-hydrogen) atoms. The van der Waals surface area contributed by atoms with Crippen LogP contribution in [0, 0.1) is 5.92 Å². The molecule has 2 fully saturated rings. The fourth-order valence-corrected chi connectivity index (χ4v) is 4.39. The number of carbonyl (C=O) groups is 2. The summed E-state index contributed by atoms with van der Waals surface area (Å²) in [6.07, 6.45) is 3.58. The third-order valence-corrected chi connectivity index (χ3v) is 6.13. The summed E-state index contributed by atoms with van der Waals surface area (Å²) in [5.41, 5.74) is 1.85. The van der Waals surface area contributed by atoms with E-state index in [1.165, 1.54) is 0 Å². The van der Waals surface area contributed by atoms with E-state index >= 15 is 0 Å². The highest BCUT2D eigenvalue weighted by molar-refractivity contribution is 5.89. The van der Waals surface area contributed by atoms with Gasteiger partial charge in [-0.2, -0.15) is 0 Å². The molecule has 0 bridgehead atoms. The zero-order valence-electron chi connectivity index (χ0n) is 17.9. The first-order chi connectivity index (χ1) is 15.7. The van der Waals surface area contributed by atoms with Crippen molar-refractivity contribution >= 4 is 11.8 Å². The Hall–Kier alpha value is -3.39. The molecule has 0 spiro atoms. The molecule has 2 aromatic heterocycles. The summed E-state index contributed by atoms with van der Waals surface area (Å²) in [6, 6.07) is 13.5. The second-order valence-electron chi connectivity index (χ2n) is 8.37. The smallest absolute Gasteiger partial charge is 0.228 e. The van der Waals surface area contributed by atoms with Crippen LogP contribution in [0.1, 0.15) is 17.9 Å². The van der Waals surface area contributed by atoms with Crippen LogP contribution in [0.5, 0.6) is 0 Å². The van der Waals surface area contributed by atoms with Crippen molar-refractivity contribution in [3.8, 4) is 11.5 Å². The summed E-state index contributed by atoms with van der Waals surface area (Å²) in [6.45, 7) is 4.44. The first-order valence-electron chi connectivity index (χ1n) is 11.0. The van der Waals surface area contributed by atoms with Gasteiger partial charge in [0.1, 0.15) is 12.0 Å². The SMILES string of the molecule is O=C1CC(C(=O)N2CCN(Cc3coc(-c4ccccc4)n3)CC2)CN1Cc1ccco1. The summed E-state index contributed by atoms with van der Waals surface area (Å²) >= 11 is 0. The van der Waals surface area contributed by atoms with Gasteiger partial charge in [0.15, 0.2) is 0 Å². The third kappa shape index (κ3) is 4.45. The van der Waals surface area contributed by atoms with Gasteiger partial charge in [-0.3, -0.25) is 14.5 Å². The van der Waals surface area contributed by atoms with Gasteiger partial charge in [-0.15, -0.1) is 0 Å². The van der Waals surface area contributed by atoms with Crippen molar-refractivity contribution in [3.63, 3.8) is 0 Å². The van der Waals surface area contributed by atoms with E-state index in [4.69, 9.17) is 8.83 Å². The van der Waals surface area contributed by atoms with E-state index in [0.717, 1.165) is 30.1 Å². The summed E-state index contributed by atoms with van der Waals surface area (Å²) in [7, 11) is 0. The fourth-order valence-electron chi connectivity index (χ4n) is 4.39. The van der Waals surface area contributed by atoms with Crippen LogP contribution in [0.25, 0.3) is 11.5 Å². The normalized spacial score (nSPS) is 19.6. The summed E-state index contributed by atoms with van der Waals surface area (Å²) in [5, 5.41) is 0. The Morgan fingerprint density at radius 2 is 1.81 bits per heavy atom. The van der Waals surface area contributed by atoms with E-state index in [0.29, 0.717) is 38.6 Å². The van der Waals surface area contributed by atoms with Crippen molar-refractivity contribution in [1.82, 2.24) is 19.7 Å². The van der Waals surface area contributed by atoms with E-state index in [-0.39, 0.29) is 24.2 Å². The minimum atomic E-state index is -0.270. The zero-order valence-corrected chi connectivity index (χ0v) is 17.9. The molecule has 1 unspecified atom stereocenters. The number of benzene rings is 1. The van der Waals surface area contributed by atoms with Gasteiger partial charge < -0.3 is 18.6 Å². The Labute approximate surface area is 186 Å². The minimum absolute atomic E-state index is 0.0126. The second-order valence-corrected chi connectivity index (χ2v) is 8.37. The summed E-state index contributed by atoms with van der Waals surface area (Å²) < 4.78 is 11.0. The lowest BCUT2D eigenvalue weighted by Gasteiger charge is -2.35. The van der Waals surface area contributed by atoms with Crippen LogP contribution in [-0.2, 0) is 22.7 Å². The molecule has 2 amide bonds. The summed E-state index contributed by atoms with van der Waals surface area (Å²) in [4.78, 5) is 35.8. The van der Waals surface area contributed by atoms with Crippen LogP contribution in [-0.4, -0.2) is 64.2 Å². The van der Waals surface area contributed by atoms with E-state index in [1.807, 2.05) is 41.3 Å². The molecule has 2 aliphatic rings. The van der Waals surface area contributed by atoms with E-state index in [2.05, 4.69) is 9.88 Å². The number of amides is 2. The number of hydrogen-bond acceptors (Lipinski definition) is 6. The van der Waals surface area contributed by atoms with Gasteiger partial charge in [0.25, 0.3) is 0 Å². The number of likely N-dealkylation sites (tertiary alicyclic amines) is 1. The molecule has 1 aromatic carbocycles. The van der Waals surface area contributed by atoms with Crippen LogP contribution < -0.4 is 0 Å². The van der Waals surface area contributed by atoms with Crippen molar-refractivity contribution < 1.29 is 18.4 Å². The predicted octanol–water partition coefficient (Wildman–Crippen LogP) is 2.63. The maximum Gasteiger partial charge on any atom is 0.228 e. The van der Waals surface area contributed by atoms with Gasteiger partial charge in [-0.25, -0.2) is 4.98 Å². The monoisotopic (exact) mass is 434 g/mol. The van der Waals surface area contributed by atoms with E-state index in [9.17, 15) is 9.59 Å². The summed E-state index contributed by atoms with van der Waals surface area (Å²) in [5.74, 6) is 1.18. The zero-order chi connectivity index (χ0) is 21.9. The molecule has 0 aliphatic carbocycles. The lowest BCUT2D eigenvalue weighted by atomic mass is 10.1. The quantitative estimate of drug-likeness (QED) is 0.593. The van der Waals surface area contributed by atoms with Crippen LogP contribution in [0.2, 0.25) is 0 Å². The molecular formula is C24H26N4O4. The molecule has 0 saturated carbocycles. The highest BCUT2D eigenvalue weighted by Crippen LogP contribution is 2.24. The Kier molecular flexibility index (Phi) is 5.77. The standard InChI is InChI=1S/C24H26N4O4/c29-22-13-19(14-28(22)16-21-7-4-12-31-21)24(30)27-10-8-26(9-11-27)15-20-17-32-23(25-20)18-5-2-1-3-6-18/h1-7,12,17,19H,8-11,13-16H2. The van der Waals surface area contributed by atoms with Crippen LogP contribution >= 0.6 is 0 Å². The topological polar surface area (TPSA) is 83.0 Å². The number of carbonyl (C=O) groups excluding carboxylic acids is 2. The maximum atomic E-state index is 13.0. The van der Waals surface area contributed by atoms with Crippen molar-refractivity contribution in [2.24, 2.45) is 5.92 Å². The Balaban J connectivity index is 1.11. The van der Waals surface area contributed by atoms with Crippen molar-refractivity contribution in [2.75, 3.05) is 32.7 Å². The number of hydrogen-bond donors (Lipinski definition) is 0. The number of furan rings is 1. The first kappa shape index (κ1) is 20.5. The number of piperazine rings is 1. The minimum Gasteiger partial charge on any atom is -0.467 e. The Bertz CT molecular complexity index is 1050. The fraction of sp³-hybridized carbons (Fsp3) is 0.375. The van der Waals surface area contributed by atoms with Gasteiger partial charge in [-0.05, 0) is 24.3 Å². The highest BCUT2D eigenvalue weighted by Gasteiger charge is 2.37.